The number of fused-ring (bicyclic) bond motifs is 5. The van der Waals surface area contributed by atoms with Gasteiger partial charge in [0.1, 0.15) is 17.9 Å². The van der Waals surface area contributed by atoms with Crippen LogP contribution in [0.3, 0.4) is 0 Å². The molecule has 0 aliphatic carbocycles. The van der Waals surface area contributed by atoms with Crippen LogP contribution in [0.2, 0.25) is 5.02 Å². The number of likely N-dealkylation sites (tertiary alicyclic amines) is 1. The number of aromatic nitrogens is 1. The zero-order valence-corrected chi connectivity index (χ0v) is 16.9. The summed E-state index contributed by atoms with van der Waals surface area (Å²) in [5.41, 5.74) is 1.30. The van der Waals surface area contributed by atoms with E-state index in [1.165, 1.54) is 6.07 Å². The third-order valence-corrected chi connectivity index (χ3v) is 6.58. The number of halogens is 1. The zero-order chi connectivity index (χ0) is 21.3. The molecule has 4 heterocycles. The second-order valence-electron chi connectivity index (χ2n) is 7.73. The van der Waals surface area contributed by atoms with Gasteiger partial charge < -0.3 is 14.3 Å². The van der Waals surface area contributed by atoms with Crippen LogP contribution in [0.5, 0.6) is 0 Å². The number of carbonyl (C=O) groups excluding carboxylic acids is 3. The van der Waals surface area contributed by atoms with Crippen LogP contribution < -0.4 is 4.90 Å². The van der Waals surface area contributed by atoms with Crippen molar-refractivity contribution in [2.75, 3.05) is 11.4 Å². The molecule has 0 radical (unpaired) electrons. The molecule has 1 unspecified atom stereocenters. The molecule has 152 valence electrons. The number of urea groups is 1. The number of hydrogen-bond acceptors (Lipinski definition) is 6. The Balaban J connectivity index is 1.48. The van der Waals surface area contributed by atoms with E-state index in [2.05, 4.69) is 5.16 Å². The molecule has 9 nitrogen and oxygen atoms in total. The Morgan fingerprint density at radius 1 is 1.33 bits per heavy atom. The normalized spacial score (nSPS) is 24.6. The molecule has 4 amide bonds. The van der Waals surface area contributed by atoms with E-state index in [0.29, 0.717) is 30.0 Å². The number of carbonyl (C=O) groups is 3. The number of aryl methyl sites for hydroxylation is 1. The van der Waals surface area contributed by atoms with E-state index in [0.717, 1.165) is 4.90 Å². The van der Waals surface area contributed by atoms with Gasteiger partial charge in [-0.25, -0.2) is 9.69 Å². The van der Waals surface area contributed by atoms with E-state index in [9.17, 15) is 14.4 Å². The molecule has 2 aromatic rings. The lowest BCUT2D eigenvalue weighted by Crippen LogP contribution is -2.54. The molecule has 3 saturated heterocycles. The second-order valence-corrected chi connectivity index (χ2v) is 8.11. The maximum absolute atomic E-state index is 13.3. The van der Waals surface area contributed by atoms with Crippen molar-refractivity contribution in [3.8, 4) is 6.07 Å². The molecule has 10 heteroatoms. The number of hydrogen-bond donors (Lipinski definition) is 0. The number of nitrogens with zero attached hydrogens (tertiary/aromatic N) is 5. The van der Waals surface area contributed by atoms with Crippen molar-refractivity contribution in [1.29, 1.82) is 5.26 Å². The van der Waals surface area contributed by atoms with Crippen LogP contribution in [-0.4, -0.2) is 57.5 Å². The summed E-state index contributed by atoms with van der Waals surface area (Å²) in [5.74, 6) is -0.184. The van der Waals surface area contributed by atoms with Crippen molar-refractivity contribution in [2.24, 2.45) is 0 Å². The Bertz CT molecular complexity index is 1170. The molecule has 0 N–H and O–H groups in total. The third-order valence-electron chi connectivity index (χ3n) is 6.09. The van der Waals surface area contributed by atoms with Gasteiger partial charge in [0.05, 0.1) is 28.4 Å². The van der Waals surface area contributed by atoms with Gasteiger partial charge in [-0.05, 0) is 38.0 Å². The fraction of sp³-hybridized carbons (Fsp3) is 0.350. The van der Waals surface area contributed by atoms with E-state index in [-0.39, 0.29) is 28.2 Å². The SMILES string of the molecule is Cc1cc(C(=O)N2C[C@H]3CC2[C@H]2C(=O)N(c4ccc(C#N)c(Cl)c4C)C(=O)N32)no1. The second kappa shape index (κ2) is 6.31. The topological polar surface area (TPSA) is 111 Å². The average molecular weight is 426 g/mol. The minimum absolute atomic E-state index is 0.190. The van der Waals surface area contributed by atoms with E-state index in [1.807, 2.05) is 6.07 Å². The standard InChI is InChI=1S/C20H16ClN5O4/c1-9-5-13(23-30-9)18(27)24-8-12-6-15(24)17-19(28)26(20(29)25(12)17)14-4-3-11(7-22)16(21)10(14)2/h3-5,12,15,17H,6,8H2,1-2H3/t12-,15?,17+/m1/s1. The summed E-state index contributed by atoms with van der Waals surface area (Å²) in [6.45, 7) is 3.70. The molecule has 0 saturated carbocycles. The summed E-state index contributed by atoms with van der Waals surface area (Å²) < 4.78 is 5.00. The highest BCUT2D eigenvalue weighted by Crippen LogP contribution is 2.44. The van der Waals surface area contributed by atoms with Crippen LogP contribution in [0.25, 0.3) is 0 Å². The first-order valence-corrected chi connectivity index (χ1v) is 9.81. The molecular formula is C20H16ClN5O4. The first kappa shape index (κ1) is 18.6. The maximum atomic E-state index is 13.3. The van der Waals surface area contributed by atoms with Gasteiger partial charge in [-0.3, -0.25) is 9.59 Å². The summed E-state index contributed by atoms with van der Waals surface area (Å²) in [4.78, 5) is 43.6. The van der Waals surface area contributed by atoms with Crippen LogP contribution in [0.15, 0.2) is 22.7 Å². The molecule has 3 aliphatic heterocycles. The lowest BCUT2D eigenvalue weighted by Gasteiger charge is -2.34. The monoisotopic (exact) mass is 425 g/mol. The van der Waals surface area contributed by atoms with Gasteiger partial charge in [0.15, 0.2) is 5.69 Å². The Kier molecular flexibility index (Phi) is 3.92. The molecule has 5 rings (SSSR count). The van der Waals surface area contributed by atoms with Crippen LogP contribution in [-0.2, 0) is 4.79 Å². The fourth-order valence-corrected chi connectivity index (χ4v) is 4.93. The summed E-state index contributed by atoms with van der Waals surface area (Å²) in [5, 5.41) is 13.1. The van der Waals surface area contributed by atoms with Crippen LogP contribution in [0.4, 0.5) is 10.5 Å². The lowest BCUT2D eigenvalue weighted by atomic mass is 10.1. The quantitative estimate of drug-likeness (QED) is 0.682. The Morgan fingerprint density at radius 3 is 2.77 bits per heavy atom. The number of nitriles is 1. The van der Waals surface area contributed by atoms with Gasteiger partial charge >= 0.3 is 6.03 Å². The molecule has 3 aliphatic rings. The van der Waals surface area contributed by atoms with Gasteiger partial charge in [0.2, 0.25) is 0 Å². The fourth-order valence-electron chi connectivity index (χ4n) is 4.73. The van der Waals surface area contributed by atoms with Gasteiger partial charge in [0, 0.05) is 12.6 Å². The summed E-state index contributed by atoms with van der Waals surface area (Å²) in [6, 6.07) is 4.76. The molecule has 1 aromatic heterocycles. The van der Waals surface area contributed by atoms with Gasteiger partial charge in [-0.1, -0.05) is 16.8 Å². The molecule has 2 bridgehead atoms. The number of imide groups is 1. The Labute approximate surface area is 176 Å². The smallest absolute Gasteiger partial charge is 0.332 e. The van der Waals surface area contributed by atoms with Crippen LogP contribution >= 0.6 is 11.6 Å². The highest BCUT2D eigenvalue weighted by Gasteiger charge is 2.63. The van der Waals surface area contributed by atoms with E-state index in [4.69, 9.17) is 21.4 Å². The number of amides is 4. The van der Waals surface area contributed by atoms with Crippen molar-refractivity contribution in [3.63, 3.8) is 0 Å². The average Bonchev–Trinajstić information content (AvgIpc) is 3.48. The summed E-state index contributed by atoms with van der Waals surface area (Å²) in [6.07, 6.45) is 0.547. The van der Waals surface area contributed by atoms with Crippen LogP contribution in [0.1, 0.15) is 33.8 Å². The van der Waals surface area contributed by atoms with Crippen molar-refractivity contribution in [2.45, 2.75) is 38.4 Å². The first-order valence-electron chi connectivity index (χ1n) is 9.43. The van der Waals surface area contributed by atoms with Gasteiger partial charge in [0.25, 0.3) is 11.8 Å². The van der Waals surface area contributed by atoms with Gasteiger partial charge in [-0.15, -0.1) is 0 Å². The number of anilines is 1. The highest BCUT2D eigenvalue weighted by molar-refractivity contribution is 6.33. The predicted octanol–water partition coefficient (Wildman–Crippen LogP) is 2.25. The first-order chi connectivity index (χ1) is 14.3. The van der Waals surface area contributed by atoms with E-state index in [1.54, 1.807) is 35.8 Å². The van der Waals surface area contributed by atoms with Crippen molar-refractivity contribution >= 4 is 35.1 Å². The Morgan fingerprint density at radius 2 is 2.10 bits per heavy atom. The molecule has 30 heavy (non-hydrogen) atoms. The van der Waals surface area contributed by atoms with Gasteiger partial charge in [-0.2, -0.15) is 5.26 Å². The molecule has 0 spiro atoms. The number of rotatable bonds is 2. The van der Waals surface area contributed by atoms with Crippen LogP contribution in [0, 0.1) is 25.2 Å². The Hall–Kier alpha value is -3.38. The van der Waals surface area contributed by atoms with E-state index < -0.39 is 24.0 Å². The van der Waals surface area contributed by atoms with E-state index >= 15 is 0 Å². The minimum atomic E-state index is -0.748. The minimum Gasteiger partial charge on any atom is -0.361 e. The molecule has 1 aromatic carbocycles. The molecular weight excluding hydrogens is 410 g/mol. The predicted molar refractivity (Wildman–Crippen MR) is 104 cm³/mol. The number of piperazine rings is 1. The largest absolute Gasteiger partial charge is 0.361 e. The van der Waals surface area contributed by atoms with Crippen molar-refractivity contribution in [1.82, 2.24) is 15.0 Å². The van der Waals surface area contributed by atoms with Crippen molar-refractivity contribution < 1.29 is 18.9 Å². The lowest BCUT2D eigenvalue weighted by molar-refractivity contribution is -0.121. The summed E-state index contributed by atoms with van der Waals surface area (Å²) >= 11 is 6.24. The number of benzene rings is 1. The summed E-state index contributed by atoms with van der Waals surface area (Å²) in [7, 11) is 0. The maximum Gasteiger partial charge on any atom is 0.332 e. The third kappa shape index (κ3) is 2.34. The highest BCUT2D eigenvalue weighted by atomic mass is 35.5. The zero-order valence-electron chi connectivity index (χ0n) is 16.1. The van der Waals surface area contributed by atoms with Crippen molar-refractivity contribution in [3.05, 3.63) is 45.8 Å². The molecule has 3 atom stereocenters. The molecule has 3 fully saturated rings.